The second-order valence-electron chi connectivity index (χ2n) is 15.0. The molecule has 0 radical (unpaired) electrons. The summed E-state index contributed by atoms with van der Waals surface area (Å²) in [6.07, 6.45) is 29.3. The van der Waals surface area contributed by atoms with Gasteiger partial charge in [0, 0.05) is 16.9 Å². The number of nitrogens with zero attached hydrogens (tertiary/aromatic N) is 1. The number of benzene rings is 6. The van der Waals surface area contributed by atoms with Crippen LogP contribution in [0.15, 0.2) is 193 Å². The molecule has 1 heteroatoms. The summed E-state index contributed by atoms with van der Waals surface area (Å²) >= 11 is 0. The van der Waals surface area contributed by atoms with Gasteiger partial charge in [0.1, 0.15) is 0 Å². The molecule has 0 atom stereocenters. The maximum absolute atomic E-state index is 2.45. The first kappa shape index (κ1) is 35.3. The molecule has 0 saturated heterocycles. The van der Waals surface area contributed by atoms with Crippen molar-refractivity contribution in [2.75, 3.05) is 4.90 Å². The molecular weight excluding hydrogens is 675 g/mol. The van der Waals surface area contributed by atoms with Gasteiger partial charge in [-0.2, -0.15) is 0 Å². The van der Waals surface area contributed by atoms with E-state index < -0.39 is 0 Å². The van der Waals surface area contributed by atoms with Crippen LogP contribution in [0.2, 0.25) is 0 Å². The van der Waals surface area contributed by atoms with Gasteiger partial charge in [0.25, 0.3) is 0 Å². The van der Waals surface area contributed by atoms with Crippen molar-refractivity contribution < 1.29 is 0 Å². The molecule has 6 aromatic carbocycles. The van der Waals surface area contributed by atoms with E-state index in [0.29, 0.717) is 0 Å². The number of hydrogen-bond donors (Lipinski definition) is 0. The lowest BCUT2D eigenvalue weighted by Crippen LogP contribution is -2.16. The monoisotopic (exact) mass is 721 g/mol. The molecule has 3 aliphatic rings. The first-order chi connectivity index (χ1) is 27.7. The van der Waals surface area contributed by atoms with Crippen molar-refractivity contribution >= 4 is 45.6 Å². The molecule has 6 aromatic rings. The van der Waals surface area contributed by atoms with E-state index in [1.54, 1.807) is 0 Å². The SMILES string of the molecule is Cc1ccccc1/C(=C\c1ccccc1)N(c1ccc(/C2=C3\C=CCC\C3=C\C/C=C\C=C/C2)cc1)c1ccc(-c2c3c(cc4ccccc24)CCC=C3)cc1. The molecule has 0 fully saturated rings. The van der Waals surface area contributed by atoms with E-state index >= 15 is 0 Å². The van der Waals surface area contributed by atoms with E-state index in [1.807, 2.05) is 0 Å². The van der Waals surface area contributed by atoms with Gasteiger partial charge < -0.3 is 4.90 Å². The van der Waals surface area contributed by atoms with E-state index in [-0.39, 0.29) is 0 Å². The summed E-state index contributed by atoms with van der Waals surface area (Å²) in [5, 5.41) is 2.61. The molecular formula is C55H47N. The number of allylic oxidation sites excluding steroid dienone is 11. The van der Waals surface area contributed by atoms with Gasteiger partial charge in [0.2, 0.25) is 0 Å². The minimum absolute atomic E-state index is 0.890. The Morgan fingerprint density at radius 3 is 2.14 bits per heavy atom. The molecule has 0 N–H and O–H groups in total. The lowest BCUT2D eigenvalue weighted by atomic mass is 9.85. The fourth-order valence-corrected chi connectivity index (χ4v) is 8.62. The van der Waals surface area contributed by atoms with Gasteiger partial charge in [-0.1, -0.05) is 164 Å². The van der Waals surface area contributed by atoms with Crippen LogP contribution in [0.1, 0.15) is 65.5 Å². The fourth-order valence-electron chi connectivity index (χ4n) is 8.62. The van der Waals surface area contributed by atoms with Crippen LogP contribution in [0, 0.1) is 6.92 Å². The first-order valence-corrected chi connectivity index (χ1v) is 20.2. The second kappa shape index (κ2) is 16.1. The van der Waals surface area contributed by atoms with Gasteiger partial charge in [-0.25, -0.2) is 0 Å². The summed E-state index contributed by atoms with van der Waals surface area (Å²) in [4.78, 5) is 2.45. The zero-order valence-corrected chi connectivity index (χ0v) is 32.2. The van der Waals surface area contributed by atoms with Gasteiger partial charge >= 0.3 is 0 Å². The zero-order valence-electron chi connectivity index (χ0n) is 32.2. The molecule has 3 aliphatic carbocycles. The van der Waals surface area contributed by atoms with Crippen molar-refractivity contribution in [2.45, 2.75) is 45.4 Å². The van der Waals surface area contributed by atoms with Gasteiger partial charge in [-0.05, 0) is 142 Å². The summed E-state index contributed by atoms with van der Waals surface area (Å²) in [6, 6.07) is 49.3. The third-order valence-electron chi connectivity index (χ3n) is 11.4. The predicted octanol–water partition coefficient (Wildman–Crippen LogP) is 15.0. The highest BCUT2D eigenvalue weighted by Crippen LogP contribution is 2.42. The summed E-state index contributed by atoms with van der Waals surface area (Å²) in [5.74, 6) is 0. The Labute approximate surface area is 332 Å². The molecule has 9 rings (SSSR count). The maximum atomic E-state index is 2.45. The minimum atomic E-state index is 0.890. The lowest BCUT2D eigenvalue weighted by Gasteiger charge is -2.30. The van der Waals surface area contributed by atoms with Crippen LogP contribution in [0.5, 0.6) is 0 Å². The molecule has 272 valence electrons. The van der Waals surface area contributed by atoms with Crippen molar-refractivity contribution in [3.05, 3.63) is 227 Å². The van der Waals surface area contributed by atoms with Crippen LogP contribution in [-0.2, 0) is 6.42 Å². The van der Waals surface area contributed by atoms with Crippen molar-refractivity contribution in [3.63, 3.8) is 0 Å². The second-order valence-corrected chi connectivity index (χ2v) is 15.0. The molecule has 0 aromatic heterocycles. The fraction of sp³-hybridized carbons (Fsp3) is 0.127. The Bertz CT molecular complexity index is 2600. The smallest absolute Gasteiger partial charge is 0.0542 e. The predicted molar refractivity (Wildman–Crippen MR) is 242 cm³/mol. The van der Waals surface area contributed by atoms with Gasteiger partial charge in [0.05, 0.1) is 5.70 Å². The molecule has 0 unspecified atom stereocenters. The highest BCUT2D eigenvalue weighted by Gasteiger charge is 2.21. The molecule has 0 bridgehead atoms. The Balaban J connectivity index is 1.20. The van der Waals surface area contributed by atoms with Crippen LogP contribution in [0.4, 0.5) is 11.4 Å². The van der Waals surface area contributed by atoms with E-state index in [9.17, 15) is 0 Å². The van der Waals surface area contributed by atoms with Crippen molar-refractivity contribution in [2.24, 2.45) is 0 Å². The van der Waals surface area contributed by atoms with E-state index in [1.165, 1.54) is 66.4 Å². The minimum Gasteiger partial charge on any atom is -0.310 e. The van der Waals surface area contributed by atoms with Crippen LogP contribution >= 0.6 is 0 Å². The summed E-state index contributed by atoms with van der Waals surface area (Å²) < 4.78 is 0. The standard InChI is InChI=1S/C55H47N/c1-40-18-10-14-25-49(40)54(38-41-19-6-5-7-20-41)56(47-34-30-43(31-35-47)51-26-9-4-2-3-8-21-42-22-11-15-27-50(42)51)48-36-32-44(33-37-48)55-52-28-16-12-23-45(52)39-46-24-13-17-29-53(46)55/h2-7,9-10,12,14-21,23,25,27-39H,8,11,13,22,24,26H2,1H3/b3-2-,9-4-,42-21-,51-50+,54-38+. The molecule has 1 nitrogen and oxygen atoms in total. The number of rotatable bonds is 7. The quantitative estimate of drug-likeness (QED) is 0.148. The Morgan fingerprint density at radius 2 is 1.32 bits per heavy atom. The summed E-state index contributed by atoms with van der Waals surface area (Å²) in [7, 11) is 0. The van der Waals surface area contributed by atoms with Gasteiger partial charge in [-0.3, -0.25) is 0 Å². The Kier molecular flexibility index (Phi) is 10.2. The van der Waals surface area contributed by atoms with E-state index in [0.717, 1.165) is 61.2 Å². The van der Waals surface area contributed by atoms with Crippen LogP contribution in [-0.4, -0.2) is 0 Å². The number of aryl methyl sites for hydroxylation is 2. The van der Waals surface area contributed by atoms with Crippen molar-refractivity contribution in [1.29, 1.82) is 0 Å². The van der Waals surface area contributed by atoms with E-state index in [4.69, 9.17) is 0 Å². The van der Waals surface area contributed by atoms with E-state index in [2.05, 4.69) is 206 Å². The normalized spacial score (nSPS) is 18.7. The number of hydrogen-bond acceptors (Lipinski definition) is 1. The molecule has 0 aliphatic heterocycles. The molecule has 0 saturated carbocycles. The highest BCUT2D eigenvalue weighted by atomic mass is 15.1. The lowest BCUT2D eigenvalue weighted by molar-refractivity contribution is 0.957. The topological polar surface area (TPSA) is 3.24 Å². The number of anilines is 2. The third kappa shape index (κ3) is 7.21. The van der Waals surface area contributed by atoms with Crippen molar-refractivity contribution in [1.82, 2.24) is 0 Å². The molecule has 0 amide bonds. The zero-order chi connectivity index (χ0) is 37.7. The van der Waals surface area contributed by atoms with Gasteiger partial charge in [0.15, 0.2) is 0 Å². The van der Waals surface area contributed by atoms with Crippen LogP contribution in [0.3, 0.4) is 0 Å². The Hall–Kier alpha value is -6.44. The molecule has 56 heavy (non-hydrogen) atoms. The number of fused-ring (bicyclic) bond motifs is 3. The van der Waals surface area contributed by atoms with Crippen molar-refractivity contribution in [3.8, 4) is 11.1 Å². The average Bonchev–Trinajstić information content (AvgIpc) is 3.25. The van der Waals surface area contributed by atoms with Crippen LogP contribution < -0.4 is 4.90 Å². The molecule has 0 spiro atoms. The summed E-state index contributed by atoms with van der Waals surface area (Å²) in [6.45, 7) is 2.22. The van der Waals surface area contributed by atoms with Crippen LogP contribution in [0.25, 0.3) is 45.3 Å². The Morgan fingerprint density at radius 1 is 0.625 bits per heavy atom. The average molecular weight is 722 g/mol. The third-order valence-corrected chi connectivity index (χ3v) is 11.4. The molecule has 0 heterocycles. The largest absolute Gasteiger partial charge is 0.310 e. The maximum Gasteiger partial charge on any atom is 0.0542 e. The van der Waals surface area contributed by atoms with Gasteiger partial charge in [-0.15, -0.1) is 0 Å². The summed E-state index contributed by atoms with van der Waals surface area (Å²) in [5.41, 5.74) is 17.8. The first-order valence-electron chi connectivity index (χ1n) is 20.2. The highest BCUT2D eigenvalue weighted by molar-refractivity contribution is 6.03.